The zero-order valence-electron chi connectivity index (χ0n) is 6.09. The van der Waals surface area contributed by atoms with Gasteiger partial charge in [0.1, 0.15) is 0 Å². The maximum Gasteiger partial charge on any atom is 0.205 e. The molecular formula is C7H14NO+. The Labute approximate surface area is 55.8 Å². The molecule has 0 aromatic carbocycles. The molecule has 0 bridgehead atoms. The van der Waals surface area contributed by atoms with Gasteiger partial charge in [0, 0.05) is 26.7 Å². The summed E-state index contributed by atoms with van der Waals surface area (Å²) < 4.78 is 1.33. The van der Waals surface area contributed by atoms with Crippen LogP contribution in [0.5, 0.6) is 0 Å². The summed E-state index contributed by atoms with van der Waals surface area (Å²) in [5, 5.41) is 9.21. The van der Waals surface area contributed by atoms with Gasteiger partial charge in [-0.25, -0.2) is 0 Å². The van der Waals surface area contributed by atoms with Gasteiger partial charge < -0.3 is 0 Å². The lowest BCUT2D eigenvalue weighted by Gasteiger charge is -2.19. The standard InChI is InChI=1S/C7H14NO/c1-7(2)5-3-4-6-8(7)9/h6,9H,3-5H2,1-2H3/q+1. The maximum absolute atomic E-state index is 9.21. The summed E-state index contributed by atoms with van der Waals surface area (Å²) in [5.74, 6) is 0. The van der Waals surface area contributed by atoms with Gasteiger partial charge in [0.2, 0.25) is 5.54 Å². The highest BCUT2D eigenvalue weighted by Gasteiger charge is 2.32. The Balaban J connectivity index is 2.73. The largest absolute Gasteiger partial charge is 0.291 e. The second kappa shape index (κ2) is 2.01. The second-order valence-electron chi connectivity index (χ2n) is 3.23. The molecule has 2 heteroatoms. The molecule has 0 radical (unpaired) electrons. The van der Waals surface area contributed by atoms with Gasteiger partial charge in [-0.3, -0.25) is 5.21 Å². The predicted molar refractivity (Wildman–Crippen MR) is 36.0 cm³/mol. The molecule has 1 aliphatic rings. The van der Waals surface area contributed by atoms with Gasteiger partial charge in [-0.05, 0) is 11.2 Å². The van der Waals surface area contributed by atoms with Gasteiger partial charge in [-0.15, -0.1) is 0 Å². The van der Waals surface area contributed by atoms with Crippen LogP contribution in [0.3, 0.4) is 0 Å². The van der Waals surface area contributed by atoms with E-state index in [-0.39, 0.29) is 5.54 Å². The van der Waals surface area contributed by atoms with Crippen LogP contribution in [0.15, 0.2) is 0 Å². The second-order valence-corrected chi connectivity index (χ2v) is 3.23. The van der Waals surface area contributed by atoms with E-state index in [0.717, 1.165) is 12.8 Å². The molecule has 1 heterocycles. The fraction of sp³-hybridized carbons (Fsp3) is 0.857. The Morgan fingerprint density at radius 3 is 2.56 bits per heavy atom. The van der Waals surface area contributed by atoms with Crippen molar-refractivity contribution in [3.8, 4) is 0 Å². The van der Waals surface area contributed by atoms with Gasteiger partial charge in [0.15, 0.2) is 6.21 Å². The summed E-state index contributed by atoms with van der Waals surface area (Å²) in [6, 6.07) is 0. The monoisotopic (exact) mass is 128 g/mol. The van der Waals surface area contributed by atoms with Crippen LogP contribution < -0.4 is 0 Å². The van der Waals surface area contributed by atoms with Crippen LogP contribution in [0, 0.1) is 0 Å². The zero-order valence-corrected chi connectivity index (χ0v) is 6.09. The van der Waals surface area contributed by atoms with Gasteiger partial charge in [0.25, 0.3) is 0 Å². The third kappa shape index (κ3) is 1.23. The van der Waals surface area contributed by atoms with E-state index in [1.165, 1.54) is 11.2 Å². The van der Waals surface area contributed by atoms with Gasteiger partial charge >= 0.3 is 0 Å². The molecule has 0 amide bonds. The molecule has 0 atom stereocenters. The molecule has 1 N–H and O–H groups in total. The number of hydrogen-bond donors (Lipinski definition) is 1. The lowest BCUT2D eigenvalue weighted by Crippen LogP contribution is -2.37. The van der Waals surface area contributed by atoms with Crippen LogP contribution in [0.1, 0.15) is 33.1 Å². The predicted octanol–water partition coefficient (Wildman–Crippen LogP) is 1.42. The van der Waals surface area contributed by atoms with E-state index in [2.05, 4.69) is 0 Å². The van der Waals surface area contributed by atoms with E-state index in [9.17, 15) is 5.21 Å². The first kappa shape index (κ1) is 6.59. The molecule has 0 unspecified atom stereocenters. The van der Waals surface area contributed by atoms with E-state index < -0.39 is 0 Å². The van der Waals surface area contributed by atoms with E-state index in [0.29, 0.717) is 0 Å². The average molecular weight is 128 g/mol. The van der Waals surface area contributed by atoms with Crippen molar-refractivity contribution in [3.63, 3.8) is 0 Å². The van der Waals surface area contributed by atoms with E-state index in [4.69, 9.17) is 0 Å². The van der Waals surface area contributed by atoms with Crippen LogP contribution >= 0.6 is 0 Å². The minimum atomic E-state index is -0.0295. The Bertz CT molecular complexity index is 138. The van der Waals surface area contributed by atoms with E-state index in [1.807, 2.05) is 20.1 Å². The Kier molecular flexibility index (Phi) is 1.47. The molecule has 52 valence electrons. The average Bonchev–Trinajstić information content (AvgIpc) is 1.77. The number of hydroxylamine groups is 1. The first-order valence-corrected chi connectivity index (χ1v) is 3.44. The van der Waals surface area contributed by atoms with Crippen molar-refractivity contribution in [2.45, 2.75) is 38.6 Å². The smallest absolute Gasteiger partial charge is 0.205 e. The Hall–Kier alpha value is -0.530. The first-order valence-electron chi connectivity index (χ1n) is 3.44. The van der Waals surface area contributed by atoms with Crippen LogP contribution in [-0.4, -0.2) is 21.7 Å². The number of hydrogen-bond acceptors (Lipinski definition) is 1. The molecule has 1 aliphatic heterocycles. The van der Waals surface area contributed by atoms with Gasteiger partial charge in [-0.2, -0.15) is 0 Å². The lowest BCUT2D eigenvalue weighted by atomic mass is 9.95. The van der Waals surface area contributed by atoms with Crippen molar-refractivity contribution in [2.24, 2.45) is 0 Å². The van der Waals surface area contributed by atoms with Crippen LogP contribution in [0.2, 0.25) is 0 Å². The minimum absolute atomic E-state index is 0.0295. The van der Waals surface area contributed by atoms with Crippen LogP contribution in [-0.2, 0) is 0 Å². The van der Waals surface area contributed by atoms with Crippen molar-refractivity contribution in [2.75, 3.05) is 0 Å². The molecule has 0 spiro atoms. The number of rotatable bonds is 0. The van der Waals surface area contributed by atoms with Crippen LogP contribution in [0.4, 0.5) is 0 Å². The quantitative estimate of drug-likeness (QED) is 0.387. The molecule has 0 aliphatic carbocycles. The maximum atomic E-state index is 9.21. The lowest BCUT2D eigenvalue weighted by molar-refractivity contribution is -0.822. The van der Waals surface area contributed by atoms with Crippen LogP contribution in [0.25, 0.3) is 0 Å². The fourth-order valence-corrected chi connectivity index (χ4v) is 1.11. The van der Waals surface area contributed by atoms with Gasteiger partial charge in [0.05, 0.1) is 0 Å². The van der Waals surface area contributed by atoms with Crippen molar-refractivity contribution in [3.05, 3.63) is 0 Å². The summed E-state index contributed by atoms with van der Waals surface area (Å²) in [6.07, 6.45) is 5.15. The molecule has 9 heavy (non-hydrogen) atoms. The summed E-state index contributed by atoms with van der Waals surface area (Å²) in [5.41, 5.74) is -0.0295. The topological polar surface area (TPSA) is 23.2 Å². The normalized spacial score (nSPS) is 25.3. The molecule has 0 aromatic rings. The van der Waals surface area contributed by atoms with E-state index >= 15 is 0 Å². The molecular weight excluding hydrogens is 114 g/mol. The van der Waals surface area contributed by atoms with E-state index in [1.54, 1.807) is 0 Å². The molecule has 0 saturated heterocycles. The molecule has 0 saturated carbocycles. The van der Waals surface area contributed by atoms with Crippen molar-refractivity contribution >= 4 is 6.21 Å². The third-order valence-electron chi connectivity index (χ3n) is 1.91. The number of nitrogens with zero attached hydrogens (tertiary/aromatic N) is 1. The summed E-state index contributed by atoms with van der Waals surface area (Å²) >= 11 is 0. The molecule has 0 fully saturated rings. The summed E-state index contributed by atoms with van der Waals surface area (Å²) in [6.45, 7) is 4.09. The Morgan fingerprint density at radius 2 is 2.22 bits per heavy atom. The van der Waals surface area contributed by atoms with Gasteiger partial charge in [-0.1, -0.05) is 0 Å². The SMILES string of the molecule is CC1(C)CCCC=[N+]1O. The summed E-state index contributed by atoms with van der Waals surface area (Å²) in [4.78, 5) is 0. The van der Waals surface area contributed by atoms with Crippen molar-refractivity contribution in [1.82, 2.24) is 0 Å². The fourth-order valence-electron chi connectivity index (χ4n) is 1.11. The molecule has 1 rings (SSSR count). The molecule has 2 nitrogen and oxygen atoms in total. The molecule has 0 aromatic heterocycles. The first-order chi connectivity index (χ1) is 4.13. The third-order valence-corrected chi connectivity index (χ3v) is 1.91. The Morgan fingerprint density at radius 1 is 1.56 bits per heavy atom. The van der Waals surface area contributed by atoms with Crippen molar-refractivity contribution in [1.29, 1.82) is 0 Å². The highest BCUT2D eigenvalue weighted by atomic mass is 16.5. The summed E-state index contributed by atoms with van der Waals surface area (Å²) in [7, 11) is 0. The minimum Gasteiger partial charge on any atom is -0.291 e. The highest BCUT2D eigenvalue weighted by Crippen LogP contribution is 2.19. The highest BCUT2D eigenvalue weighted by molar-refractivity contribution is 5.51. The van der Waals surface area contributed by atoms with Crippen molar-refractivity contribution < 1.29 is 9.95 Å². The zero-order chi connectivity index (χ0) is 6.91.